The van der Waals surface area contributed by atoms with Crippen molar-refractivity contribution in [2.24, 2.45) is 0 Å². The first-order valence-corrected chi connectivity index (χ1v) is 11.2. The Labute approximate surface area is 187 Å². The van der Waals surface area contributed by atoms with E-state index in [1.165, 1.54) is 17.8 Å². The molecule has 7 heteroatoms. The first kappa shape index (κ1) is 20.6. The van der Waals surface area contributed by atoms with E-state index in [2.05, 4.69) is 26.1 Å². The first-order chi connectivity index (χ1) is 14.7. The molecule has 0 atom stereocenters. The molecule has 0 bridgehead atoms. The van der Waals surface area contributed by atoms with Gasteiger partial charge in [-0.15, -0.1) is 10.2 Å². The zero-order valence-corrected chi connectivity index (χ0v) is 18.7. The number of para-hydroxylation sites is 1. The maximum absolute atomic E-state index is 14.7. The molecule has 0 saturated heterocycles. The molecule has 4 aromatic rings. The fourth-order valence-corrected chi connectivity index (χ4v) is 4.16. The zero-order valence-electron chi connectivity index (χ0n) is 16.3. The van der Waals surface area contributed by atoms with Gasteiger partial charge in [-0.25, -0.2) is 4.39 Å². The summed E-state index contributed by atoms with van der Waals surface area (Å²) in [5.74, 6) is 1.74. The summed E-state index contributed by atoms with van der Waals surface area (Å²) in [5.41, 5.74) is 2.41. The number of thioether (sulfide) groups is 1. The molecule has 30 heavy (non-hydrogen) atoms. The lowest BCUT2D eigenvalue weighted by Gasteiger charge is -2.12. The molecule has 1 heterocycles. The van der Waals surface area contributed by atoms with Gasteiger partial charge in [0.15, 0.2) is 11.0 Å². The van der Waals surface area contributed by atoms with E-state index in [0.29, 0.717) is 29.0 Å². The quantitative estimate of drug-likeness (QED) is 0.280. The number of ether oxygens (including phenoxy) is 1. The molecule has 0 saturated carbocycles. The molecule has 0 radical (unpaired) electrons. The van der Waals surface area contributed by atoms with Crippen molar-refractivity contribution >= 4 is 27.7 Å². The van der Waals surface area contributed by atoms with E-state index in [4.69, 9.17) is 4.74 Å². The van der Waals surface area contributed by atoms with Crippen molar-refractivity contribution in [1.29, 1.82) is 0 Å². The Bertz CT molecular complexity index is 1130. The third-order valence-electron chi connectivity index (χ3n) is 4.43. The number of rotatable bonds is 7. The van der Waals surface area contributed by atoms with Gasteiger partial charge in [0, 0.05) is 15.8 Å². The SMILES string of the molecule is CCOc1ccc(-c2nnc(SCc3ccc(Br)cc3)n2-c2ccccc2F)cc1. The highest BCUT2D eigenvalue weighted by Gasteiger charge is 2.18. The van der Waals surface area contributed by atoms with Gasteiger partial charge in [-0.1, -0.05) is 52.0 Å². The minimum atomic E-state index is -0.324. The van der Waals surface area contributed by atoms with Crippen LogP contribution >= 0.6 is 27.7 Å². The van der Waals surface area contributed by atoms with Crippen molar-refractivity contribution in [2.45, 2.75) is 17.8 Å². The summed E-state index contributed by atoms with van der Waals surface area (Å²) in [7, 11) is 0. The Morgan fingerprint density at radius 3 is 2.40 bits per heavy atom. The van der Waals surface area contributed by atoms with Crippen LogP contribution in [-0.2, 0) is 5.75 Å². The molecule has 0 amide bonds. The molecule has 0 aliphatic carbocycles. The second-order valence-corrected chi connectivity index (χ2v) is 8.32. The summed E-state index contributed by atoms with van der Waals surface area (Å²) in [6.07, 6.45) is 0. The molecule has 4 rings (SSSR count). The van der Waals surface area contributed by atoms with Gasteiger partial charge in [0.1, 0.15) is 11.6 Å². The molecule has 4 nitrogen and oxygen atoms in total. The van der Waals surface area contributed by atoms with Crippen molar-refractivity contribution in [3.05, 3.63) is 88.6 Å². The van der Waals surface area contributed by atoms with Gasteiger partial charge < -0.3 is 4.74 Å². The molecular formula is C23H19BrFN3OS. The molecule has 0 fully saturated rings. The summed E-state index contributed by atoms with van der Waals surface area (Å²) in [6.45, 7) is 2.54. The van der Waals surface area contributed by atoms with Crippen LogP contribution in [0.1, 0.15) is 12.5 Å². The minimum absolute atomic E-state index is 0.324. The third-order valence-corrected chi connectivity index (χ3v) is 5.96. The van der Waals surface area contributed by atoms with Crippen molar-refractivity contribution < 1.29 is 9.13 Å². The monoisotopic (exact) mass is 483 g/mol. The topological polar surface area (TPSA) is 39.9 Å². The van der Waals surface area contributed by atoms with Gasteiger partial charge in [-0.3, -0.25) is 4.57 Å². The van der Waals surface area contributed by atoms with E-state index in [1.807, 2.05) is 61.5 Å². The standard InChI is InChI=1S/C23H19BrFN3OS/c1-2-29-19-13-9-17(10-14-19)22-26-27-23(28(22)21-6-4-3-5-20(21)25)30-15-16-7-11-18(24)12-8-16/h3-14H,2,15H2,1H3. The van der Waals surface area contributed by atoms with E-state index < -0.39 is 0 Å². The fraction of sp³-hybridized carbons (Fsp3) is 0.130. The average Bonchev–Trinajstić information content (AvgIpc) is 3.18. The Hall–Kier alpha value is -2.64. The smallest absolute Gasteiger partial charge is 0.196 e. The molecule has 1 aromatic heterocycles. The number of hydrogen-bond donors (Lipinski definition) is 0. The van der Waals surface area contributed by atoms with Gasteiger partial charge in [0.05, 0.1) is 12.3 Å². The predicted octanol–water partition coefficient (Wildman–Crippen LogP) is 6.53. The van der Waals surface area contributed by atoms with Crippen LogP contribution in [0.5, 0.6) is 5.75 Å². The highest BCUT2D eigenvalue weighted by molar-refractivity contribution is 9.10. The Balaban J connectivity index is 1.71. The number of halogens is 2. The van der Waals surface area contributed by atoms with Crippen LogP contribution in [0.25, 0.3) is 17.1 Å². The summed E-state index contributed by atoms with van der Waals surface area (Å²) >= 11 is 4.97. The maximum atomic E-state index is 14.7. The highest BCUT2D eigenvalue weighted by atomic mass is 79.9. The molecule has 0 unspecified atom stereocenters. The molecule has 0 N–H and O–H groups in total. The van der Waals surface area contributed by atoms with Gasteiger partial charge in [0.2, 0.25) is 0 Å². The van der Waals surface area contributed by atoms with Crippen LogP contribution in [0.15, 0.2) is 82.4 Å². The average molecular weight is 484 g/mol. The van der Waals surface area contributed by atoms with Crippen LogP contribution in [0.2, 0.25) is 0 Å². The van der Waals surface area contributed by atoms with Crippen molar-refractivity contribution in [2.75, 3.05) is 6.61 Å². The lowest BCUT2D eigenvalue weighted by atomic mass is 10.2. The normalized spacial score (nSPS) is 10.9. The van der Waals surface area contributed by atoms with E-state index in [-0.39, 0.29) is 5.82 Å². The van der Waals surface area contributed by atoms with Crippen LogP contribution in [0.3, 0.4) is 0 Å². The molecule has 0 aliphatic heterocycles. The Kier molecular flexibility index (Phi) is 6.50. The van der Waals surface area contributed by atoms with Crippen molar-refractivity contribution in [1.82, 2.24) is 14.8 Å². The number of aromatic nitrogens is 3. The molecule has 0 spiro atoms. The van der Waals surface area contributed by atoms with Gasteiger partial charge in [-0.05, 0) is 61.0 Å². The van der Waals surface area contributed by atoms with Crippen LogP contribution in [0, 0.1) is 5.82 Å². The van der Waals surface area contributed by atoms with Gasteiger partial charge in [-0.2, -0.15) is 0 Å². The van der Waals surface area contributed by atoms with Crippen LogP contribution in [0.4, 0.5) is 4.39 Å². The van der Waals surface area contributed by atoms with Crippen LogP contribution < -0.4 is 4.74 Å². The van der Waals surface area contributed by atoms with E-state index in [1.54, 1.807) is 16.7 Å². The first-order valence-electron chi connectivity index (χ1n) is 9.46. The maximum Gasteiger partial charge on any atom is 0.196 e. The number of hydrogen-bond acceptors (Lipinski definition) is 4. The Morgan fingerprint density at radius 2 is 1.70 bits per heavy atom. The summed E-state index contributed by atoms with van der Waals surface area (Å²) in [4.78, 5) is 0. The lowest BCUT2D eigenvalue weighted by Crippen LogP contribution is -2.02. The summed E-state index contributed by atoms with van der Waals surface area (Å²) < 4.78 is 23.0. The zero-order chi connectivity index (χ0) is 20.9. The largest absolute Gasteiger partial charge is 0.494 e. The van der Waals surface area contributed by atoms with E-state index in [0.717, 1.165) is 21.3 Å². The lowest BCUT2D eigenvalue weighted by molar-refractivity contribution is 0.340. The van der Waals surface area contributed by atoms with E-state index >= 15 is 0 Å². The highest BCUT2D eigenvalue weighted by Crippen LogP contribution is 2.31. The predicted molar refractivity (Wildman–Crippen MR) is 122 cm³/mol. The molecular weight excluding hydrogens is 465 g/mol. The summed E-state index contributed by atoms with van der Waals surface area (Å²) in [5, 5.41) is 9.38. The summed E-state index contributed by atoms with van der Waals surface area (Å²) in [6, 6.07) is 22.4. The van der Waals surface area contributed by atoms with Crippen molar-refractivity contribution in [3.8, 4) is 22.8 Å². The molecule has 152 valence electrons. The number of nitrogens with zero attached hydrogens (tertiary/aromatic N) is 3. The van der Waals surface area contributed by atoms with Gasteiger partial charge in [0.25, 0.3) is 0 Å². The van der Waals surface area contributed by atoms with E-state index in [9.17, 15) is 4.39 Å². The fourth-order valence-electron chi connectivity index (χ4n) is 3.00. The molecule has 0 aliphatic rings. The third kappa shape index (κ3) is 4.57. The van der Waals surface area contributed by atoms with Crippen molar-refractivity contribution in [3.63, 3.8) is 0 Å². The second-order valence-electron chi connectivity index (χ2n) is 6.47. The molecule has 3 aromatic carbocycles. The Morgan fingerprint density at radius 1 is 0.967 bits per heavy atom. The second kappa shape index (κ2) is 9.45. The number of benzene rings is 3. The van der Waals surface area contributed by atoms with Gasteiger partial charge >= 0.3 is 0 Å². The minimum Gasteiger partial charge on any atom is -0.494 e. The van der Waals surface area contributed by atoms with Crippen LogP contribution in [-0.4, -0.2) is 21.4 Å².